The van der Waals surface area contributed by atoms with Crippen LogP contribution >= 0.6 is 0 Å². The second kappa shape index (κ2) is 4.53. The van der Waals surface area contributed by atoms with Gasteiger partial charge in [0.2, 0.25) is 0 Å². The summed E-state index contributed by atoms with van der Waals surface area (Å²) in [6.07, 6.45) is 0. The highest BCUT2D eigenvalue weighted by atomic mass is 16.5. The summed E-state index contributed by atoms with van der Waals surface area (Å²) in [7, 11) is 3.41. The summed E-state index contributed by atoms with van der Waals surface area (Å²) in [5.41, 5.74) is 6.64. The minimum absolute atomic E-state index is 0.127. The predicted molar refractivity (Wildman–Crippen MR) is 59.6 cm³/mol. The molecule has 0 fully saturated rings. The lowest BCUT2D eigenvalue weighted by Crippen LogP contribution is -2.25. The number of rotatable bonds is 4. The van der Waals surface area contributed by atoms with E-state index in [2.05, 4.69) is 13.8 Å². The number of anilines is 1. The molecule has 0 amide bonds. The van der Waals surface area contributed by atoms with Crippen LogP contribution in [0.25, 0.3) is 0 Å². The number of aromatic nitrogens is 2. The second-order valence-corrected chi connectivity index (χ2v) is 4.10. The molecule has 5 nitrogen and oxygen atoms in total. The van der Waals surface area contributed by atoms with Gasteiger partial charge in [0.15, 0.2) is 0 Å². The Kier molecular flexibility index (Phi) is 3.57. The maximum Gasteiger partial charge on any atom is 0.290 e. The smallest absolute Gasteiger partial charge is 0.290 e. The largest absolute Gasteiger partial charge is 0.393 e. The van der Waals surface area contributed by atoms with E-state index in [9.17, 15) is 4.79 Å². The quantitative estimate of drug-likeness (QED) is 0.795. The molecule has 0 aliphatic rings. The number of hydrogen-bond donors (Lipinski definition) is 1. The highest BCUT2D eigenvalue weighted by Gasteiger charge is 2.15. The number of nitrogen functional groups attached to an aromatic ring is 1. The highest BCUT2D eigenvalue weighted by Crippen LogP contribution is 2.09. The number of ether oxygens (including phenoxy) is 1. The van der Waals surface area contributed by atoms with E-state index in [1.165, 1.54) is 0 Å². The van der Waals surface area contributed by atoms with Gasteiger partial charge in [0, 0.05) is 20.7 Å². The van der Waals surface area contributed by atoms with Gasteiger partial charge >= 0.3 is 0 Å². The first-order chi connectivity index (χ1) is 6.99. The third-order valence-corrected chi connectivity index (χ3v) is 2.35. The lowest BCUT2D eigenvalue weighted by molar-refractivity contribution is 0.176. The minimum atomic E-state index is -0.127. The fourth-order valence-corrected chi connectivity index (χ4v) is 1.58. The van der Waals surface area contributed by atoms with E-state index >= 15 is 0 Å². The van der Waals surface area contributed by atoms with Crippen LogP contribution in [-0.2, 0) is 24.9 Å². The first kappa shape index (κ1) is 11.8. The molecule has 0 atom stereocenters. The lowest BCUT2D eigenvalue weighted by Gasteiger charge is -2.11. The molecule has 1 heterocycles. The zero-order valence-electron chi connectivity index (χ0n) is 9.78. The summed E-state index contributed by atoms with van der Waals surface area (Å²) in [5.74, 6) is 0.408. The number of hydrogen-bond acceptors (Lipinski definition) is 3. The van der Waals surface area contributed by atoms with Gasteiger partial charge in [-0.1, -0.05) is 13.8 Å². The van der Waals surface area contributed by atoms with Crippen LogP contribution in [0.1, 0.15) is 19.5 Å². The zero-order valence-corrected chi connectivity index (χ0v) is 9.78. The fourth-order valence-electron chi connectivity index (χ4n) is 1.58. The van der Waals surface area contributed by atoms with Gasteiger partial charge in [0.05, 0.1) is 12.3 Å². The molecule has 15 heavy (non-hydrogen) atoms. The fraction of sp³-hybridized carbons (Fsp3) is 0.700. The standard InChI is InChI=1S/C10H19N3O2/c1-7(2)5-13-10(14)9(11)8(6-15-4)12(13)3/h7H,5-6,11H2,1-4H3. The van der Waals surface area contributed by atoms with Crippen molar-refractivity contribution in [2.75, 3.05) is 12.8 Å². The molecule has 86 valence electrons. The van der Waals surface area contributed by atoms with Crippen LogP contribution in [0.4, 0.5) is 5.69 Å². The van der Waals surface area contributed by atoms with E-state index in [-0.39, 0.29) is 5.56 Å². The van der Waals surface area contributed by atoms with Gasteiger partial charge < -0.3 is 10.5 Å². The van der Waals surface area contributed by atoms with E-state index in [1.807, 2.05) is 7.05 Å². The summed E-state index contributed by atoms with van der Waals surface area (Å²) in [5, 5.41) is 0. The normalized spacial score (nSPS) is 11.3. The minimum Gasteiger partial charge on any atom is -0.393 e. The Bertz CT molecular complexity index is 390. The summed E-state index contributed by atoms with van der Waals surface area (Å²) >= 11 is 0. The van der Waals surface area contributed by atoms with Gasteiger partial charge in [-0.05, 0) is 5.92 Å². The van der Waals surface area contributed by atoms with Crippen molar-refractivity contribution in [2.45, 2.75) is 27.0 Å². The second-order valence-electron chi connectivity index (χ2n) is 4.10. The van der Waals surface area contributed by atoms with E-state index in [4.69, 9.17) is 10.5 Å². The van der Waals surface area contributed by atoms with Crippen molar-refractivity contribution in [1.82, 2.24) is 9.36 Å². The molecule has 0 saturated carbocycles. The van der Waals surface area contributed by atoms with E-state index in [0.29, 0.717) is 24.8 Å². The molecule has 1 rings (SSSR count). The van der Waals surface area contributed by atoms with Gasteiger partial charge in [-0.3, -0.25) is 9.48 Å². The number of nitrogens with two attached hydrogens (primary N) is 1. The van der Waals surface area contributed by atoms with Gasteiger partial charge in [0.1, 0.15) is 5.69 Å². The van der Waals surface area contributed by atoms with Crippen molar-refractivity contribution in [2.24, 2.45) is 13.0 Å². The molecule has 0 unspecified atom stereocenters. The third kappa shape index (κ3) is 2.23. The molecule has 2 N–H and O–H groups in total. The molecular weight excluding hydrogens is 194 g/mol. The molecule has 0 aromatic carbocycles. The highest BCUT2D eigenvalue weighted by molar-refractivity contribution is 5.41. The lowest BCUT2D eigenvalue weighted by atomic mass is 10.2. The molecule has 0 saturated heterocycles. The Labute approximate surface area is 89.4 Å². The molecule has 0 radical (unpaired) electrons. The first-order valence-electron chi connectivity index (χ1n) is 5.02. The predicted octanol–water partition coefficient (Wildman–Crippen LogP) is 0.571. The van der Waals surface area contributed by atoms with Gasteiger partial charge in [-0.15, -0.1) is 0 Å². The van der Waals surface area contributed by atoms with Crippen LogP contribution in [0.3, 0.4) is 0 Å². The van der Waals surface area contributed by atoms with Crippen molar-refractivity contribution >= 4 is 5.69 Å². The average Bonchev–Trinajstić information content (AvgIpc) is 2.35. The molecule has 0 spiro atoms. The van der Waals surface area contributed by atoms with Gasteiger partial charge in [-0.25, -0.2) is 4.68 Å². The molecule has 0 aliphatic heterocycles. The summed E-state index contributed by atoms with van der Waals surface area (Å²) < 4.78 is 8.44. The summed E-state index contributed by atoms with van der Waals surface area (Å²) in [6, 6.07) is 0. The molecule has 0 aliphatic carbocycles. The Morgan fingerprint density at radius 3 is 2.53 bits per heavy atom. The van der Waals surface area contributed by atoms with Gasteiger partial charge in [0.25, 0.3) is 5.56 Å². The van der Waals surface area contributed by atoms with Crippen LogP contribution in [0.15, 0.2) is 4.79 Å². The van der Waals surface area contributed by atoms with E-state index in [0.717, 1.165) is 5.69 Å². The van der Waals surface area contributed by atoms with Crippen LogP contribution in [0.2, 0.25) is 0 Å². The van der Waals surface area contributed by atoms with Crippen LogP contribution in [0, 0.1) is 5.92 Å². The summed E-state index contributed by atoms with van der Waals surface area (Å²) in [6.45, 7) is 5.16. The van der Waals surface area contributed by atoms with Crippen molar-refractivity contribution in [3.63, 3.8) is 0 Å². The maximum atomic E-state index is 11.8. The Hall–Kier alpha value is -1.23. The SMILES string of the molecule is COCc1c(N)c(=O)n(CC(C)C)n1C. The maximum absolute atomic E-state index is 11.8. The Balaban J connectivity index is 3.17. The third-order valence-electron chi connectivity index (χ3n) is 2.35. The van der Waals surface area contributed by atoms with Crippen molar-refractivity contribution in [3.05, 3.63) is 16.0 Å². The molecule has 1 aromatic rings. The van der Waals surface area contributed by atoms with Crippen LogP contribution in [-0.4, -0.2) is 16.5 Å². The molecule has 0 bridgehead atoms. The topological polar surface area (TPSA) is 62.2 Å². The van der Waals surface area contributed by atoms with Gasteiger partial charge in [-0.2, -0.15) is 0 Å². The van der Waals surface area contributed by atoms with Crippen molar-refractivity contribution in [1.29, 1.82) is 0 Å². The molecular formula is C10H19N3O2. The van der Waals surface area contributed by atoms with Crippen LogP contribution in [0.5, 0.6) is 0 Å². The van der Waals surface area contributed by atoms with Crippen LogP contribution < -0.4 is 11.3 Å². The molecule has 1 aromatic heterocycles. The number of nitrogens with zero attached hydrogens (tertiary/aromatic N) is 2. The zero-order chi connectivity index (χ0) is 11.6. The average molecular weight is 213 g/mol. The number of methoxy groups -OCH3 is 1. The Morgan fingerprint density at radius 2 is 2.07 bits per heavy atom. The van der Waals surface area contributed by atoms with E-state index in [1.54, 1.807) is 16.5 Å². The first-order valence-corrected chi connectivity index (χ1v) is 5.02. The summed E-state index contributed by atoms with van der Waals surface area (Å²) in [4.78, 5) is 11.8. The van der Waals surface area contributed by atoms with Crippen molar-refractivity contribution in [3.8, 4) is 0 Å². The van der Waals surface area contributed by atoms with E-state index < -0.39 is 0 Å². The monoisotopic (exact) mass is 213 g/mol. The molecule has 5 heteroatoms. The Morgan fingerprint density at radius 1 is 1.47 bits per heavy atom. The van der Waals surface area contributed by atoms with Crippen molar-refractivity contribution < 1.29 is 4.74 Å².